The Morgan fingerprint density at radius 2 is 2.06 bits per heavy atom. The van der Waals surface area contributed by atoms with E-state index in [2.05, 4.69) is 10.1 Å². The summed E-state index contributed by atoms with van der Waals surface area (Å²) in [5.74, 6) is -0.179. The highest BCUT2D eigenvalue weighted by Crippen LogP contribution is 2.39. The van der Waals surface area contributed by atoms with Crippen LogP contribution in [-0.4, -0.2) is 38.4 Å². The number of carbonyl (C=O) groups is 1. The van der Waals surface area contributed by atoms with Crippen LogP contribution in [0.2, 0.25) is 0 Å². The summed E-state index contributed by atoms with van der Waals surface area (Å²) >= 11 is 0. The molecule has 17 heavy (non-hydrogen) atoms. The van der Waals surface area contributed by atoms with Gasteiger partial charge in [0.05, 0.1) is 12.0 Å². The van der Waals surface area contributed by atoms with E-state index in [1.54, 1.807) is 0 Å². The zero-order chi connectivity index (χ0) is 12.9. The van der Waals surface area contributed by atoms with Crippen molar-refractivity contribution in [2.24, 2.45) is 11.1 Å². The maximum atomic E-state index is 11.7. The first kappa shape index (κ1) is 14.2. The number of alkyl halides is 3. The smallest absolute Gasteiger partial charge is 0.370 e. The van der Waals surface area contributed by atoms with Crippen LogP contribution in [0, 0.1) is 5.41 Å². The largest absolute Gasteiger partial charge is 0.411 e. The van der Waals surface area contributed by atoms with Crippen molar-refractivity contribution in [1.29, 1.82) is 0 Å². The van der Waals surface area contributed by atoms with E-state index in [1.165, 1.54) is 0 Å². The minimum absolute atomic E-state index is 0.0800. The lowest BCUT2D eigenvalue weighted by atomic mass is 9.68. The van der Waals surface area contributed by atoms with Gasteiger partial charge in [-0.15, -0.1) is 0 Å². The van der Waals surface area contributed by atoms with Gasteiger partial charge in [-0.3, -0.25) is 4.79 Å². The Hall–Kier alpha value is -0.820. The number of carbonyl (C=O) groups excluding carboxylic acids is 1. The van der Waals surface area contributed by atoms with Crippen LogP contribution >= 0.6 is 0 Å². The van der Waals surface area contributed by atoms with Crippen LogP contribution in [0.5, 0.6) is 0 Å². The second kappa shape index (κ2) is 5.68. The van der Waals surface area contributed by atoms with Gasteiger partial charge in [-0.05, 0) is 12.8 Å². The van der Waals surface area contributed by atoms with Crippen molar-refractivity contribution in [2.45, 2.75) is 25.4 Å². The maximum Gasteiger partial charge on any atom is 0.411 e. The molecule has 0 radical (unpaired) electrons. The molecule has 4 nitrogen and oxygen atoms in total. The summed E-state index contributed by atoms with van der Waals surface area (Å²) < 4.78 is 39.5. The summed E-state index contributed by atoms with van der Waals surface area (Å²) in [6.07, 6.45) is -1.86. The fourth-order valence-electron chi connectivity index (χ4n) is 1.74. The Bertz CT molecular complexity index is 259. The number of ether oxygens (including phenoxy) is 1. The Balaban J connectivity index is 2.12. The van der Waals surface area contributed by atoms with E-state index in [4.69, 9.17) is 5.73 Å². The number of halogens is 3. The first-order chi connectivity index (χ1) is 7.90. The van der Waals surface area contributed by atoms with Crippen LogP contribution < -0.4 is 11.1 Å². The van der Waals surface area contributed by atoms with Crippen LogP contribution in [0.15, 0.2) is 0 Å². The second-order valence-corrected chi connectivity index (χ2v) is 4.26. The topological polar surface area (TPSA) is 64.4 Å². The lowest BCUT2D eigenvalue weighted by molar-refractivity contribution is -0.173. The summed E-state index contributed by atoms with van der Waals surface area (Å²) in [6.45, 7) is -1.07. The molecule has 100 valence electrons. The van der Waals surface area contributed by atoms with Gasteiger partial charge in [0.15, 0.2) is 0 Å². The van der Waals surface area contributed by atoms with Crippen molar-refractivity contribution in [2.75, 3.05) is 26.3 Å². The molecule has 1 saturated carbocycles. The molecule has 0 spiro atoms. The van der Waals surface area contributed by atoms with Gasteiger partial charge >= 0.3 is 6.18 Å². The van der Waals surface area contributed by atoms with Crippen LogP contribution in [-0.2, 0) is 9.53 Å². The highest BCUT2D eigenvalue weighted by Gasteiger charge is 2.42. The van der Waals surface area contributed by atoms with Crippen molar-refractivity contribution < 1.29 is 22.7 Å². The molecule has 0 bridgehead atoms. The predicted octanol–water partition coefficient (Wildman–Crippen LogP) is 0.810. The molecule has 0 aliphatic heterocycles. The lowest BCUT2D eigenvalue weighted by Crippen LogP contribution is -2.50. The maximum absolute atomic E-state index is 11.7. The van der Waals surface area contributed by atoms with Gasteiger partial charge in [-0.2, -0.15) is 13.2 Å². The minimum atomic E-state index is -4.32. The number of rotatable bonds is 6. The lowest BCUT2D eigenvalue weighted by Gasteiger charge is -2.39. The molecule has 1 fully saturated rings. The van der Waals surface area contributed by atoms with Crippen LogP contribution in [0.3, 0.4) is 0 Å². The van der Waals surface area contributed by atoms with Crippen molar-refractivity contribution in [1.82, 2.24) is 5.32 Å². The second-order valence-electron chi connectivity index (χ2n) is 4.26. The Kier molecular flexibility index (Phi) is 4.76. The van der Waals surface area contributed by atoms with Crippen LogP contribution in [0.25, 0.3) is 0 Å². The molecule has 0 saturated heterocycles. The molecule has 1 aliphatic carbocycles. The van der Waals surface area contributed by atoms with Crippen molar-refractivity contribution in [3.05, 3.63) is 0 Å². The summed E-state index contributed by atoms with van der Waals surface area (Å²) in [5.41, 5.74) is 5.02. The van der Waals surface area contributed by atoms with E-state index in [1.807, 2.05) is 0 Å². The normalized spacial score (nSPS) is 18.6. The molecule has 0 unspecified atom stereocenters. The first-order valence-electron chi connectivity index (χ1n) is 5.52. The molecule has 0 aromatic carbocycles. The van der Waals surface area contributed by atoms with Gasteiger partial charge in [-0.1, -0.05) is 6.42 Å². The zero-order valence-electron chi connectivity index (χ0n) is 9.48. The Morgan fingerprint density at radius 1 is 1.41 bits per heavy atom. The van der Waals surface area contributed by atoms with Gasteiger partial charge in [0, 0.05) is 13.1 Å². The van der Waals surface area contributed by atoms with Crippen molar-refractivity contribution in [3.8, 4) is 0 Å². The van der Waals surface area contributed by atoms with Gasteiger partial charge in [0.1, 0.15) is 6.61 Å². The average Bonchev–Trinajstić information content (AvgIpc) is 2.14. The third-order valence-electron chi connectivity index (χ3n) is 2.98. The monoisotopic (exact) mass is 254 g/mol. The van der Waals surface area contributed by atoms with E-state index in [0.29, 0.717) is 0 Å². The van der Waals surface area contributed by atoms with Crippen molar-refractivity contribution >= 4 is 5.91 Å². The average molecular weight is 254 g/mol. The van der Waals surface area contributed by atoms with Gasteiger partial charge < -0.3 is 15.8 Å². The number of amides is 1. The highest BCUT2D eigenvalue weighted by atomic mass is 19.4. The number of hydrogen-bond acceptors (Lipinski definition) is 3. The molecular formula is C10H17F3N2O2. The molecule has 1 aliphatic rings. The third-order valence-corrected chi connectivity index (χ3v) is 2.98. The fourth-order valence-corrected chi connectivity index (χ4v) is 1.74. The number of hydrogen-bond donors (Lipinski definition) is 2. The Labute approximate surface area is 97.7 Å². The molecular weight excluding hydrogens is 237 g/mol. The van der Waals surface area contributed by atoms with E-state index < -0.39 is 18.2 Å². The standard InChI is InChI=1S/C10H17F3N2O2/c11-10(12,13)7-17-5-4-15-8(16)9(6-14)2-1-3-9/h1-7,14H2,(H,15,16). The number of nitrogens with one attached hydrogen (secondary N) is 1. The third kappa shape index (κ3) is 4.16. The molecule has 0 aromatic heterocycles. The predicted molar refractivity (Wildman–Crippen MR) is 55.2 cm³/mol. The SMILES string of the molecule is NCC1(C(=O)NCCOCC(F)(F)F)CCC1. The molecule has 7 heteroatoms. The van der Waals surface area contributed by atoms with E-state index in [9.17, 15) is 18.0 Å². The quantitative estimate of drug-likeness (QED) is 0.689. The summed E-state index contributed by atoms with van der Waals surface area (Å²) in [4.78, 5) is 11.7. The van der Waals surface area contributed by atoms with E-state index >= 15 is 0 Å². The van der Waals surface area contributed by atoms with Crippen LogP contribution in [0.4, 0.5) is 13.2 Å². The molecule has 0 atom stereocenters. The number of nitrogens with two attached hydrogens (primary N) is 1. The van der Waals surface area contributed by atoms with Crippen LogP contribution in [0.1, 0.15) is 19.3 Å². The van der Waals surface area contributed by atoms with Gasteiger partial charge in [0.2, 0.25) is 5.91 Å². The summed E-state index contributed by atoms with van der Waals surface area (Å²) in [5, 5.41) is 2.55. The molecule has 0 heterocycles. The minimum Gasteiger partial charge on any atom is -0.370 e. The van der Waals surface area contributed by atoms with Gasteiger partial charge in [-0.25, -0.2) is 0 Å². The summed E-state index contributed by atoms with van der Waals surface area (Å²) in [6, 6.07) is 0. The fraction of sp³-hybridized carbons (Fsp3) is 0.900. The molecule has 3 N–H and O–H groups in total. The highest BCUT2D eigenvalue weighted by molar-refractivity contribution is 5.83. The molecule has 1 amide bonds. The first-order valence-corrected chi connectivity index (χ1v) is 5.52. The molecule has 0 aromatic rings. The van der Waals surface area contributed by atoms with E-state index in [0.717, 1.165) is 19.3 Å². The zero-order valence-corrected chi connectivity index (χ0v) is 9.48. The van der Waals surface area contributed by atoms with Crippen molar-refractivity contribution in [3.63, 3.8) is 0 Å². The van der Waals surface area contributed by atoms with E-state index in [-0.39, 0.29) is 25.6 Å². The molecule has 1 rings (SSSR count). The summed E-state index contributed by atoms with van der Waals surface area (Å²) in [7, 11) is 0. The van der Waals surface area contributed by atoms with Gasteiger partial charge in [0.25, 0.3) is 0 Å². The Morgan fingerprint density at radius 3 is 2.47 bits per heavy atom.